The number of ether oxygens (including phenoxy) is 1. The molecule has 0 radical (unpaired) electrons. The van der Waals surface area contributed by atoms with Gasteiger partial charge in [-0.05, 0) is 24.4 Å². The second kappa shape index (κ2) is 4.64. The summed E-state index contributed by atoms with van der Waals surface area (Å²) >= 11 is 1.60. The number of carboxylic acids is 1. The van der Waals surface area contributed by atoms with Crippen molar-refractivity contribution in [1.82, 2.24) is 9.61 Å². The fraction of sp³-hybridized carbons (Fsp3) is 0.143. The number of aryl methyl sites for hydroxylation is 1. The van der Waals surface area contributed by atoms with Crippen molar-refractivity contribution in [3.63, 3.8) is 0 Å². The molecule has 20 heavy (non-hydrogen) atoms. The summed E-state index contributed by atoms with van der Waals surface area (Å²) in [6.07, 6.45) is 1.50. The molecule has 0 aliphatic rings. The minimum atomic E-state index is -1.00. The van der Waals surface area contributed by atoms with Crippen LogP contribution in [0.25, 0.3) is 16.1 Å². The predicted octanol–water partition coefficient (Wildman–Crippen LogP) is 3.08. The van der Waals surface area contributed by atoms with Crippen LogP contribution >= 0.6 is 11.3 Å². The van der Waals surface area contributed by atoms with E-state index in [1.807, 2.05) is 24.4 Å². The van der Waals surface area contributed by atoms with Crippen LogP contribution in [0, 0.1) is 6.92 Å². The van der Waals surface area contributed by atoms with Crippen LogP contribution in [0.4, 0.5) is 0 Å². The number of aromatic carboxylic acids is 1. The number of carbonyl (C=O) groups is 1. The maximum atomic E-state index is 11.1. The Morgan fingerprint density at radius 3 is 2.90 bits per heavy atom. The highest BCUT2D eigenvalue weighted by molar-refractivity contribution is 7.13. The first kappa shape index (κ1) is 12.7. The number of thiophene rings is 1. The van der Waals surface area contributed by atoms with Crippen molar-refractivity contribution in [2.24, 2.45) is 0 Å². The molecular weight excluding hydrogens is 276 g/mol. The maximum Gasteiger partial charge on any atom is 0.337 e. The molecule has 3 aromatic rings. The molecule has 0 saturated carbocycles. The lowest BCUT2D eigenvalue weighted by Gasteiger charge is -2.05. The molecule has 0 aliphatic heterocycles. The zero-order valence-electron chi connectivity index (χ0n) is 11.0. The summed E-state index contributed by atoms with van der Waals surface area (Å²) in [6, 6.07) is 5.47. The van der Waals surface area contributed by atoms with Gasteiger partial charge < -0.3 is 9.84 Å². The third-order valence-electron chi connectivity index (χ3n) is 3.15. The number of nitrogens with zero attached hydrogens (tertiary/aromatic N) is 2. The topological polar surface area (TPSA) is 63.8 Å². The summed E-state index contributed by atoms with van der Waals surface area (Å²) in [5, 5.41) is 15.6. The fourth-order valence-electron chi connectivity index (χ4n) is 2.21. The number of carboxylic acid groups (broad SMARTS) is 1. The van der Waals surface area contributed by atoms with Crippen LogP contribution in [0.15, 0.2) is 29.8 Å². The van der Waals surface area contributed by atoms with E-state index in [0.717, 1.165) is 21.7 Å². The Labute approximate surface area is 119 Å². The van der Waals surface area contributed by atoms with E-state index in [1.54, 1.807) is 15.9 Å². The van der Waals surface area contributed by atoms with Crippen molar-refractivity contribution in [2.45, 2.75) is 6.92 Å². The summed E-state index contributed by atoms with van der Waals surface area (Å²) in [4.78, 5) is 12.2. The van der Waals surface area contributed by atoms with E-state index in [-0.39, 0.29) is 5.56 Å². The average molecular weight is 288 g/mol. The van der Waals surface area contributed by atoms with Gasteiger partial charge in [0.2, 0.25) is 0 Å². The number of pyridine rings is 1. The number of rotatable bonds is 3. The Morgan fingerprint density at radius 1 is 1.50 bits per heavy atom. The highest BCUT2D eigenvalue weighted by Crippen LogP contribution is 2.33. The minimum Gasteiger partial charge on any atom is -0.494 e. The number of hydrogen-bond acceptors (Lipinski definition) is 4. The predicted molar refractivity (Wildman–Crippen MR) is 76.8 cm³/mol. The number of methoxy groups -OCH3 is 1. The highest BCUT2D eigenvalue weighted by Gasteiger charge is 2.17. The van der Waals surface area contributed by atoms with Gasteiger partial charge >= 0.3 is 5.97 Å². The van der Waals surface area contributed by atoms with Gasteiger partial charge in [-0.3, -0.25) is 0 Å². The van der Waals surface area contributed by atoms with E-state index in [1.165, 1.54) is 19.4 Å². The molecule has 0 aromatic carbocycles. The van der Waals surface area contributed by atoms with E-state index in [9.17, 15) is 4.79 Å². The van der Waals surface area contributed by atoms with Crippen LogP contribution in [0.3, 0.4) is 0 Å². The largest absolute Gasteiger partial charge is 0.494 e. The van der Waals surface area contributed by atoms with Gasteiger partial charge in [-0.25, -0.2) is 9.31 Å². The highest BCUT2D eigenvalue weighted by atomic mass is 32.1. The standard InChI is InChI=1S/C14H12N2O3S/c1-8-12(11-4-3-5-20-11)15-16-7-9(14(17)18)6-10(19-2)13(8)16/h3-7H,1-2H3,(H,17,18). The van der Waals surface area contributed by atoms with Crippen molar-refractivity contribution < 1.29 is 14.6 Å². The molecule has 0 aliphatic carbocycles. The lowest BCUT2D eigenvalue weighted by Crippen LogP contribution is -2.01. The van der Waals surface area contributed by atoms with Crippen LogP contribution in [0.5, 0.6) is 5.75 Å². The second-order valence-electron chi connectivity index (χ2n) is 4.35. The maximum absolute atomic E-state index is 11.1. The molecule has 3 heterocycles. The fourth-order valence-corrected chi connectivity index (χ4v) is 2.97. The first-order valence-electron chi connectivity index (χ1n) is 5.96. The van der Waals surface area contributed by atoms with Crippen molar-refractivity contribution in [1.29, 1.82) is 0 Å². The van der Waals surface area contributed by atoms with Gasteiger partial charge in [0.05, 0.1) is 17.6 Å². The van der Waals surface area contributed by atoms with Gasteiger partial charge in [-0.1, -0.05) is 6.07 Å². The first-order valence-corrected chi connectivity index (χ1v) is 6.84. The van der Waals surface area contributed by atoms with Crippen LogP contribution in [-0.4, -0.2) is 27.8 Å². The molecule has 0 amide bonds. The summed E-state index contributed by atoms with van der Waals surface area (Å²) in [6.45, 7) is 1.96. The van der Waals surface area contributed by atoms with Crippen LogP contribution in [-0.2, 0) is 0 Å². The smallest absolute Gasteiger partial charge is 0.337 e. The zero-order chi connectivity index (χ0) is 14.3. The van der Waals surface area contributed by atoms with Gasteiger partial charge in [0.25, 0.3) is 0 Å². The molecule has 5 nitrogen and oxygen atoms in total. The third kappa shape index (κ3) is 1.85. The van der Waals surface area contributed by atoms with Crippen LogP contribution in [0.1, 0.15) is 15.9 Å². The van der Waals surface area contributed by atoms with Gasteiger partial charge in [0.1, 0.15) is 17.0 Å². The Balaban J connectivity index is 2.33. The molecule has 0 bridgehead atoms. The monoisotopic (exact) mass is 288 g/mol. The Bertz CT molecular complexity index is 790. The summed E-state index contributed by atoms with van der Waals surface area (Å²) in [5.74, 6) is -0.492. The summed E-state index contributed by atoms with van der Waals surface area (Å²) in [7, 11) is 1.53. The van der Waals surface area contributed by atoms with Crippen LogP contribution in [0.2, 0.25) is 0 Å². The van der Waals surface area contributed by atoms with E-state index in [2.05, 4.69) is 5.10 Å². The Morgan fingerprint density at radius 2 is 2.30 bits per heavy atom. The van der Waals surface area contributed by atoms with Crippen molar-refractivity contribution >= 4 is 22.8 Å². The van der Waals surface area contributed by atoms with Gasteiger partial charge in [0, 0.05) is 11.8 Å². The molecule has 0 saturated heterocycles. The van der Waals surface area contributed by atoms with Crippen molar-refractivity contribution in [2.75, 3.05) is 7.11 Å². The average Bonchev–Trinajstić information content (AvgIpc) is 3.05. The summed E-state index contributed by atoms with van der Waals surface area (Å²) < 4.78 is 6.89. The summed E-state index contributed by atoms with van der Waals surface area (Å²) in [5.41, 5.74) is 2.76. The third-order valence-corrected chi connectivity index (χ3v) is 4.03. The quantitative estimate of drug-likeness (QED) is 0.804. The van der Waals surface area contributed by atoms with Crippen LogP contribution < -0.4 is 4.74 Å². The van der Waals surface area contributed by atoms with Crippen molar-refractivity contribution in [3.8, 4) is 16.3 Å². The molecule has 102 valence electrons. The van der Waals surface area contributed by atoms with E-state index in [0.29, 0.717) is 5.75 Å². The normalized spacial score (nSPS) is 10.9. The van der Waals surface area contributed by atoms with Gasteiger partial charge in [0.15, 0.2) is 0 Å². The molecule has 3 rings (SSSR count). The first-order chi connectivity index (χ1) is 9.61. The molecule has 0 unspecified atom stereocenters. The Kier molecular flexibility index (Phi) is 2.94. The number of aromatic nitrogens is 2. The van der Waals surface area contributed by atoms with E-state index in [4.69, 9.17) is 9.84 Å². The molecule has 6 heteroatoms. The second-order valence-corrected chi connectivity index (χ2v) is 5.29. The van der Waals surface area contributed by atoms with Gasteiger partial charge in [-0.15, -0.1) is 11.3 Å². The molecule has 0 spiro atoms. The number of hydrogen-bond donors (Lipinski definition) is 1. The molecule has 1 N–H and O–H groups in total. The Hall–Kier alpha value is -2.34. The van der Waals surface area contributed by atoms with Gasteiger partial charge in [-0.2, -0.15) is 5.10 Å². The van der Waals surface area contributed by atoms with Crippen molar-refractivity contribution in [3.05, 3.63) is 40.9 Å². The minimum absolute atomic E-state index is 0.148. The lowest BCUT2D eigenvalue weighted by atomic mass is 10.1. The molecular formula is C14H12N2O3S. The van der Waals surface area contributed by atoms with E-state index >= 15 is 0 Å². The number of fused-ring (bicyclic) bond motifs is 1. The molecule has 3 aromatic heterocycles. The zero-order valence-corrected chi connectivity index (χ0v) is 11.8. The van der Waals surface area contributed by atoms with E-state index < -0.39 is 5.97 Å². The lowest BCUT2D eigenvalue weighted by molar-refractivity contribution is 0.0696. The molecule has 0 atom stereocenters. The SMILES string of the molecule is COc1cc(C(=O)O)cn2nc(-c3cccs3)c(C)c12. The molecule has 0 fully saturated rings.